The molecular weight excluding hydrogens is 234 g/mol. The Morgan fingerprint density at radius 1 is 1.56 bits per heavy atom. The number of hydrogen-bond acceptors (Lipinski definition) is 5. The molecule has 6 heteroatoms. The molecule has 0 aliphatic heterocycles. The average molecular weight is 255 g/mol. The zero-order chi connectivity index (χ0) is 13.8. The molecule has 1 aromatic heterocycles. The zero-order valence-corrected chi connectivity index (χ0v) is 11.6. The Morgan fingerprint density at radius 2 is 2.22 bits per heavy atom. The molecule has 0 bridgehead atoms. The third kappa shape index (κ3) is 3.73. The molecule has 0 aliphatic rings. The van der Waals surface area contributed by atoms with Crippen molar-refractivity contribution in [3.8, 4) is 5.95 Å². The summed E-state index contributed by atoms with van der Waals surface area (Å²) < 4.78 is 9.60. The first-order valence-electron chi connectivity index (χ1n) is 5.83. The van der Waals surface area contributed by atoms with Crippen molar-refractivity contribution in [3.63, 3.8) is 0 Å². The van der Waals surface area contributed by atoms with E-state index in [9.17, 15) is 4.79 Å². The van der Waals surface area contributed by atoms with E-state index in [2.05, 4.69) is 29.2 Å². The third-order valence-electron chi connectivity index (χ3n) is 3.16. The molecule has 0 saturated carbocycles. The lowest BCUT2D eigenvalue weighted by Crippen LogP contribution is -2.41. The van der Waals surface area contributed by atoms with Crippen LogP contribution in [0.5, 0.6) is 5.95 Å². The van der Waals surface area contributed by atoms with Gasteiger partial charge in [-0.15, -0.1) is 0 Å². The highest BCUT2D eigenvalue weighted by atomic mass is 16.6. The maximum Gasteiger partial charge on any atom is 0.311 e. The predicted molar refractivity (Wildman–Crippen MR) is 67.8 cm³/mol. The van der Waals surface area contributed by atoms with Gasteiger partial charge >= 0.3 is 5.95 Å². The third-order valence-corrected chi connectivity index (χ3v) is 3.16. The van der Waals surface area contributed by atoms with E-state index in [1.165, 1.54) is 13.2 Å². The number of amides is 1. The van der Waals surface area contributed by atoms with Crippen LogP contribution < -0.4 is 10.1 Å². The Morgan fingerprint density at radius 3 is 2.72 bits per heavy atom. The summed E-state index contributed by atoms with van der Waals surface area (Å²) in [5.74, 6) is -0.0228. The van der Waals surface area contributed by atoms with Gasteiger partial charge in [-0.1, -0.05) is 5.16 Å². The average Bonchev–Trinajstić information content (AvgIpc) is 2.76. The fraction of sp³-hybridized carbons (Fsp3) is 0.667. The summed E-state index contributed by atoms with van der Waals surface area (Å²) >= 11 is 0. The normalized spacial score (nSPS) is 11.7. The van der Waals surface area contributed by atoms with Gasteiger partial charge in [-0.05, 0) is 34.4 Å². The van der Waals surface area contributed by atoms with Crippen molar-refractivity contribution in [3.05, 3.63) is 11.8 Å². The molecule has 1 amide bonds. The SMILES string of the molecule is COc1cc(C(=O)NCCC(C)(C)N(C)C)no1. The van der Waals surface area contributed by atoms with Gasteiger partial charge in [-0.25, -0.2) is 0 Å². The first-order valence-corrected chi connectivity index (χ1v) is 5.83. The number of carbonyl (C=O) groups is 1. The fourth-order valence-corrected chi connectivity index (χ4v) is 1.26. The standard InChI is InChI=1S/C12H21N3O3/c1-12(2,15(3)4)6-7-13-11(16)9-8-10(17-5)18-14-9/h8H,6-7H2,1-5H3,(H,13,16). The summed E-state index contributed by atoms with van der Waals surface area (Å²) in [6.45, 7) is 4.83. The second-order valence-electron chi connectivity index (χ2n) is 4.95. The molecule has 102 valence electrons. The lowest BCUT2D eigenvalue weighted by Gasteiger charge is -2.32. The highest BCUT2D eigenvalue weighted by molar-refractivity contribution is 5.92. The second kappa shape index (κ2) is 5.86. The van der Waals surface area contributed by atoms with Crippen molar-refractivity contribution in [2.45, 2.75) is 25.8 Å². The number of nitrogens with one attached hydrogen (secondary N) is 1. The minimum absolute atomic E-state index is 0.0365. The van der Waals surface area contributed by atoms with Crippen LogP contribution in [0.3, 0.4) is 0 Å². The van der Waals surface area contributed by atoms with E-state index in [0.717, 1.165) is 6.42 Å². The van der Waals surface area contributed by atoms with E-state index in [1.54, 1.807) is 0 Å². The van der Waals surface area contributed by atoms with Crippen molar-refractivity contribution >= 4 is 5.91 Å². The van der Waals surface area contributed by atoms with Crippen molar-refractivity contribution in [1.82, 2.24) is 15.4 Å². The summed E-state index contributed by atoms with van der Waals surface area (Å²) in [6, 6.07) is 1.46. The largest absolute Gasteiger partial charge is 0.467 e. The number of hydrogen-bond donors (Lipinski definition) is 1. The number of carbonyl (C=O) groups excluding carboxylic acids is 1. The Balaban J connectivity index is 2.42. The van der Waals surface area contributed by atoms with Crippen LogP contribution in [0, 0.1) is 0 Å². The number of nitrogens with zero attached hydrogens (tertiary/aromatic N) is 2. The molecule has 0 unspecified atom stereocenters. The van der Waals surface area contributed by atoms with Crippen LogP contribution in [0.4, 0.5) is 0 Å². The minimum Gasteiger partial charge on any atom is -0.467 e. The first-order chi connectivity index (χ1) is 8.36. The van der Waals surface area contributed by atoms with Gasteiger partial charge in [0.1, 0.15) is 0 Å². The van der Waals surface area contributed by atoms with E-state index < -0.39 is 0 Å². The van der Waals surface area contributed by atoms with E-state index >= 15 is 0 Å². The number of aromatic nitrogens is 1. The van der Waals surface area contributed by atoms with Crippen LogP contribution in [-0.4, -0.2) is 49.3 Å². The molecule has 0 saturated heterocycles. The van der Waals surface area contributed by atoms with Crippen molar-refractivity contribution in [1.29, 1.82) is 0 Å². The van der Waals surface area contributed by atoms with Crippen LogP contribution in [-0.2, 0) is 0 Å². The monoisotopic (exact) mass is 255 g/mol. The van der Waals surface area contributed by atoms with Crippen LogP contribution in [0.15, 0.2) is 10.6 Å². The van der Waals surface area contributed by atoms with Gasteiger partial charge in [0.25, 0.3) is 5.91 Å². The molecule has 0 fully saturated rings. The lowest BCUT2D eigenvalue weighted by molar-refractivity contribution is 0.0933. The van der Waals surface area contributed by atoms with E-state index in [1.807, 2.05) is 14.1 Å². The molecular formula is C12H21N3O3. The summed E-state index contributed by atoms with van der Waals surface area (Å²) in [5.41, 5.74) is 0.268. The van der Waals surface area contributed by atoms with Crippen LogP contribution in [0.2, 0.25) is 0 Å². The molecule has 6 nitrogen and oxygen atoms in total. The number of ether oxygens (including phenoxy) is 1. The maximum absolute atomic E-state index is 11.7. The maximum atomic E-state index is 11.7. The molecule has 0 spiro atoms. The highest BCUT2D eigenvalue weighted by Gasteiger charge is 2.20. The zero-order valence-electron chi connectivity index (χ0n) is 11.6. The fourth-order valence-electron chi connectivity index (χ4n) is 1.26. The van der Waals surface area contributed by atoms with Gasteiger partial charge < -0.3 is 19.5 Å². The quantitative estimate of drug-likeness (QED) is 0.825. The summed E-state index contributed by atoms with van der Waals surface area (Å²) in [4.78, 5) is 13.9. The van der Waals surface area contributed by atoms with E-state index in [4.69, 9.17) is 9.26 Å². The Hall–Kier alpha value is -1.56. The van der Waals surface area contributed by atoms with Gasteiger partial charge in [0.2, 0.25) is 0 Å². The second-order valence-corrected chi connectivity index (χ2v) is 4.95. The molecule has 18 heavy (non-hydrogen) atoms. The Kier molecular flexibility index (Phi) is 4.72. The van der Waals surface area contributed by atoms with Gasteiger partial charge in [0.15, 0.2) is 5.69 Å². The van der Waals surface area contributed by atoms with Gasteiger partial charge in [0.05, 0.1) is 13.2 Å². The Bertz CT molecular complexity index is 399. The first kappa shape index (κ1) is 14.5. The van der Waals surface area contributed by atoms with E-state index in [-0.39, 0.29) is 23.1 Å². The lowest BCUT2D eigenvalue weighted by atomic mass is 9.99. The number of rotatable bonds is 6. The smallest absolute Gasteiger partial charge is 0.311 e. The van der Waals surface area contributed by atoms with Crippen molar-refractivity contribution in [2.75, 3.05) is 27.7 Å². The molecule has 1 N–H and O–H groups in total. The summed E-state index contributed by atoms with van der Waals surface area (Å²) in [6.07, 6.45) is 0.848. The van der Waals surface area contributed by atoms with Crippen LogP contribution in [0.1, 0.15) is 30.8 Å². The molecule has 0 aliphatic carbocycles. The predicted octanol–water partition coefficient (Wildman–Crippen LogP) is 1.14. The minimum atomic E-state index is -0.253. The van der Waals surface area contributed by atoms with Gasteiger partial charge in [0, 0.05) is 12.1 Å². The highest BCUT2D eigenvalue weighted by Crippen LogP contribution is 2.14. The van der Waals surface area contributed by atoms with Crippen LogP contribution in [0.25, 0.3) is 0 Å². The van der Waals surface area contributed by atoms with Gasteiger partial charge in [-0.2, -0.15) is 0 Å². The topological polar surface area (TPSA) is 67.6 Å². The van der Waals surface area contributed by atoms with Crippen molar-refractivity contribution < 1.29 is 14.1 Å². The number of methoxy groups -OCH3 is 1. The molecule has 1 aromatic rings. The summed E-state index contributed by atoms with van der Waals surface area (Å²) in [5, 5.41) is 6.42. The molecule has 0 aromatic carbocycles. The molecule has 1 rings (SSSR count). The van der Waals surface area contributed by atoms with E-state index in [0.29, 0.717) is 6.54 Å². The van der Waals surface area contributed by atoms with Crippen molar-refractivity contribution in [2.24, 2.45) is 0 Å². The van der Waals surface area contributed by atoms with Gasteiger partial charge in [-0.3, -0.25) is 4.79 Å². The van der Waals surface area contributed by atoms with Crippen LogP contribution >= 0.6 is 0 Å². The Labute approximate surface area is 107 Å². The molecule has 0 radical (unpaired) electrons. The summed E-state index contributed by atoms with van der Waals surface area (Å²) in [7, 11) is 5.50. The molecule has 0 atom stereocenters. The molecule has 1 heterocycles.